The molecule has 0 radical (unpaired) electrons. The van der Waals surface area contributed by atoms with E-state index in [-0.39, 0.29) is 23.8 Å². The number of anilines is 2. The van der Waals surface area contributed by atoms with Crippen molar-refractivity contribution in [3.63, 3.8) is 0 Å². The maximum atomic E-state index is 12.3. The Kier molecular flexibility index (Phi) is 6.18. The molecule has 3 rings (SSSR count). The Morgan fingerprint density at radius 3 is 2.48 bits per heavy atom. The topological polar surface area (TPSA) is 117 Å². The van der Waals surface area contributed by atoms with Crippen molar-refractivity contribution in [2.75, 3.05) is 10.6 Å². The van der Waals surface area contributed by atoms with Gasteiger partial charge in [-0.25, -0.2) is 9.97 Å². The van der Waals surface area contributed by atoms with Crippen molar-refractivity contribution < 1.29 is 9.59 Å². The number of thiazole rings is 1. The number of hydrogen-bond donors (Lipinski definition) is 3. The van der Waals surface area contributed by atoms with Crippen molar-refractivity contribution in [1.82, 2.24) is 15.0 Å². The number of rotatable bonds is 6. The summed E-state index contributed by atoms with van der Waals surface area (Å²) < 4.78 is 0. The fourth-order valence-electron chi connectivity index (χ4n) is 2.86. The predicted octanol–water partition coefficient (Wildman–Crippen LogP) is 3.04. The van der Waals surface area contributed by atoms with Crippen LogP contribution in [0.5, 0.6) is 0 Å². The Bertz CT molecular complexity index is 1100. The van der Waals surface area contributed by atoms with E-state index in [0.717, 1.165) is 11.3 Å². The molecule has 3 N–H and O–H groups in total. The van der Waals surface area contributed by atoms with Crippen LogP contribution in [0.25, 0.3) is 11.3 Å². The van der Waals surface area contributed by atoms with Crippen LogP contribution in [0.4, 0.5) is 10.8 Å². The molecule has 8 nitrogen and oxygen atoms in total. The van der Waals surface area contributed by atoms with Gasteiger partial charge in [-0.1, -0.05) is 12.1 Å². The van der Waals surface area contributed by atoms with Crippen LogP contribution >= 0.6 is 11.3 Å². The van der Waals surface area contributed by atoms with Gasteiger partial charge in [-0.3, -0.25) is 14.4 Å². The minimum absolute atomic E-state index is 0.130. The van der Waals surface area contributed by atoms with Crippen LogP contribution < -0.4 is 16.2 Å². The third-order valence-electron chi connectivity index (χ3n) is 4.19. The van der Waals surface area contributed by atoms with E-state index in [2.05, 4.69) is 25.6 Å². The van der Waals surface area contributed by atoms with Crippen LogP contribution in [0.15, 0.2) is 34.4 Å². The Balaban J connectivity index is 1.60. The Morgan fingerprint density at radius 2 is 1.83 bits per heavy atom. The first-order valence-corrected chi connectivity index (χ1v) is 9.89. The van der Waals surface area contributed by atoms with Gasteiger partial charge in [-0.2, -0.15) is 0 Å². The number of aryl methyl sites for hydroxylation is 2. The van der Waals surface area contributed by atoms with Gasteiger partial charge in [-0.05, 0) is 32.4 Å². The van der Waals surface area contributed by atoms with Gasteiger partial charge in [0, 0.05) is 41.2 Å². The molecule has 0 atom stereocenters. The summed E-state index contributed by atoms with van der Waals surface area (Å²) >= 11 is 1.32. The van der Waals surface area contributed by atoms with E-state index in [1.54, 1.807) is 26.0 Å². The fourth-order valence-corrected chi connectivity index (χ4v) is 3.59. The number of aromatic amines is 1. The number of benzene rings is 1. The van der Waals surface area contributed by atoms with Gasteiger partial charge in [0.15, 0.2) is 5.13 Å². The summed E-state index contributed by atoms with van der Waals surface area (Å²) in [7, 11) is 0. The molecule has 3 aromatic rings. The lowest BCUT2D eigenvalue weighted by Crippen LogP contribution is -2.20. The van der Waals surface area contributed by atoms with Crippen molar-refractivity contribution in [3.8, 4) is 11.3 Å². The van der Waals surface area contributed by atoms with Crippen molar-refractivity contribution in [2.45, 2.75) is 33.6 Å². The molecule has 0 aliphatic heterocycles. The summed E-state index contributed by atoms with van der Waals surface area (Å²) in [5.74, 6) is 0.211. The van der Waals surface area contributed by atoms with Gasteiger partial charge in [0.25, 0.3) is 5.56 Å². The van der Waals surface area contributed by atoms with E-state index in [4.69, 9.17) is 0 Å². The highest BCUT2D eigenvalue weighted by Gasteiger charge is 2.12. The van der Waals surface area contributed by atoms with E-state index < -0.39 is 0 Å². The number of carbonyl (C=O) groups excluding carboxylic acids is 2. The molecule has 150 valence electrons. The third kappa shape index (κ3) is 5.35. The lowest BCUT2D eigenvalue weighted by Gasteiger charge is -2.05. The summed E-state index contributed by atoms with van der Waals surface area (Å²) in [5.41, 5.74) is 3.27. The number of nitrogens with one attached hydrogen (secondary N) is 3. The predicted molar refractivity (Wildman–Crippen MR) is 113 cm³/mol. The van der Waals surface area contributed by atoms with E-state index in [0.29, 0.717) is 34.3 Å². The Labute approximate surface area is 171 Å². The summed E-state index contributed by atoms with van der Waals surface area (Å²) in [6.45, 7) is 4.94. The van der Waals surface area contributed by atoms with Crippen LogP contribution in [0.2, 0.25) is 0 Å². The monoisotopic (exact) mass is 411 g/mol. The summed E-state index contributed by atoms with van der Waals surface area (Å²) in [5, 5.41) is 7.82. The molecule has 0 saturated heterocycles. The zero-order valence-corrected chi connectivity index (χ0v) is 17.1. The van der Waals surface area contributed by atoms with E-state index in [1.807, 2.05) is 17.5 Å². The molecule has 0 fully saturated rings. The normalized spacial score (nSPS) is 10.6. The lowest BCUT2D eigenvalue weighted by molar-refractivity contribution is -0.116. The summed E-state index contributed by atoms with van der Waals surface area (Å²) in [6, 6.07) is 7.30. The zero-order chi connectivity index (χ0) is 21.0. The molecule has 2 aromatic heterocycles. The van der Waals surface area contributed by atoms with Gasteiger partial charge in [0.2, 0.25) is 11.8 Å². The Hall–Kier alpha value is -3.33. The van der Waals surface area contributed by atoms with Gasteiger partial charge in [0.05, 0.1) is 5.69 Å². The molecular weight excluding hydrogens is 390 g/mol. The van der Waals surface area contributed by atoms with Crippen molar-refractivity contribution in [2.24, 2.45) is 0 Å². The van der Waals surface area contributed by atoms with Gasteiger partial charge in [0.1, 0.15) is 5.82 Å². The molecule has 0 unspecified atom stereocenters. The quantitative estimate of drug-likeness (QED) is 0.576. The minimum atomic E-state index is -0.216. The molecule has 2 amide bonds. The molecule has 2 heterocycles. The number of nitrogens with zero attached hydrogens (tertiary/aromatic N) is 2. The van der Waals surface area contributed by atoms with E-state index in [9.17, 15) is 14.4 Å². The average Bonchev–Trinajstić information content (AvgIpc) is 3.09. The first-order valence-electron chi connectivity index (χ1n) is 9.01. The van der Waals surface area contributed by atoms with Crippen LogP contribution in [-0.2, 0) is 16.0 Å². The largest absolute Gasteiger partial charge is 0.326 e. The highest BCUT2D eigenvalue weighted by Crippen LogP contribution is 2.26. The van der Waals surface area contributed by atoms with Crippen molar-refractivity contribution in [3.05, 3.63) is 57.1 Å². The molecule has 0 saturated carbocycles. The van der Waals surface area contributed by atoms with Crippen LogP contribution in [0.1, 0.15) is 30.4 Å². The summed E-state index contributed by atoms with van der Waals surface area (Å²) in [6.07, 6.45) is 0.470. The van der Waals surface area contributed by atoms with Gasteiger partial charge >= 0.3 is 0 Å². The number of carbonyl (C=O) groups is 2. The number of hydrogen-bond acceptors (Lipinski definition) is 6. The van der Waals surface area contributed by atoms with E-state index >= 15 is 0 Å². The number of amides is 2. The fraction of sp³-hybridized carbons (Fsp3) is 0.250. The molecule has 0 aliphatic rings. The first-order chi connectivity index (χ1) is 13.8. The Morgan fingerprint density at radius 1 is 1.10 bits per heavy atom. The molecule has 29 heavy (non-hydrogen) atoms. The number of H-pyrrole nitrogens is 1. The molecule has 0 spiro atoms. The second-order valence-corrected chi connectivity index (χ2v) is 7.42. The van der Waals surface area contributed by atoms with Crippen LogP contribution in [0.3, 0.4) is 0 Å². The van der Waals surface area contributed by atoms with Gasteiger partial charge < -0.3 is 15.6 Å². The minimum Gasteiger partial charge on any atom is -0.326 e. The molecule has 1 aromatic carbocycles. The standard InChI is InChI=1S/C20H21N5O3S/c1-11-16(19(28)22-12(2)21-11)8-9-18(27)25-20-24-17(10-29-20)14-4-6-15(7-5-14)23-13(3)26/h4-7,10H,8-9H2,1-3H3,(H,23,26)(H,21,22,28)(H,24,25,27). The number of aromatic nitrogens is 3. The summed E-state index contributed by atoms with van der Waals surface area (Å²) in [4.78, 5) is 46.7. The molecular formula is C20H21N5O3S. The molecule has 9 heteroatoms. The zero-order valence-electron chi connectivity index (χ0n) is 16.3. The lowest BCUT2D eigenvalue weighted by atomic mass is 10.1. The molecule has 0 bridgehead atoms. The molecule has 0 aliphatic carbocycles. The average molecular weight is 411 g/mol. The second-order valence-electron chi connectivity index (χ2n) is 6.56. The van der Waals surface area contributed by atoms with Crippen LogP contribution in [-0.4, -0.2) is 26.8 Å². The SMILES string of the molecule is CC(=O)Nc1ccc(-c2csc(NC(=O)CCc3c(C)nc(C)[nH]c3=O)n2)cc1. The first kappa shape index (κ1) is 20.4. The van der Waals surface area contributed by atoms with E-state index in [1.165, 1.54) is 18.3 Å². The van der Waals surface area contributed by atoms with Crippen molar-refractivity contribution in [1.29, 1.82) is 0 Å². The maximum Gasteiger partial charge on any atom is 0.254 e. The second kappa shape index (κ2) is 8.78. The highest BCUT2D eigenvalue weighted by molar-refractivity contribution is 7.14. The van der Waals surface area contributed by atoms with Crippen LogP contribution in [0, 0.1) is 13.8 Å². The maximum absolute atomic E-state index is 12.3. The highest BCUT2D eigenvalue weighted by atomic mass is 32.1. The van der Waals surface area contributed by atoms with Gasteiger partial charge in [-0.15, -0.1) is 11.3 Å². The smallest absolute Gasteiger partial charge is 0.254 e. The third-order valence-corrected chi connectivity index (χ3v) is 4.95. The van der Waals surface area contributed by atoms with Crippen molar-refractivity contribution >= 4 is 34.0 Å².